The Bertz CT molecular complexity index is 391. The highest BCUT2D eigenvalue weighted by Crippen LogP contribution is 2.19. The lowest BCUT2D eigenvalue weighted by molar-refractivity contribution is 0.00164. The van der Waals surface area contributed by atoms with E-state index in [1.165, 1.54) is 26.2 Å². The number of hydrogen-bond donors (Lipinski definition) is 0. The van der Waals surface area contributed by atoms with E-state index in [1.807, 2.05) is 6.92 Å². The summed E-state index contributed by atoms with van der Waals surface area (Å²) in [7, 11) is 2.20. The van der Waals surface area contributed by atoms with Gasteiger partial charge in [0.25, 0.3) is 0 Å². The zero-order valence-corrected chi connectivity index (χ0v) is 11.3. The number of rotatable bonds is 3. The number of aryl methyl sites for hydroxylation is 1. The maximum atomic E-state index is 5.51. The molecule has 0 aromatic carbocycles. The summed E-state index contributed by atoms with van der Waals surface area (Å²) in [5, 5.41) is 0. The number of aromatic nitrogens is 1. The zero-order chi connectivity index (χ0) is 12.5. The first-order chi connectivity index (χ1) is 8.70. The highest BCUT2D eigenvalue weighted by Gasteiger charge is 2.33. The number of piperazine rings is 1. The molecule has 1 aromatic heterocycles. The summed E-state index contributed by atoms with van der Waals surface area (Å²) >= 11 is 0. The molecule has 2 aliphatic heterocycles. The van der Waals surface area contributed by atoms with E-state index >= 15 is 0 Å². The smallest absolute Gasteiger partial charge is 0.208 e. The van der Waals surface area contributed by atoms with Gasteiger partial charge in [0.2, 0.25) is 5.89 Å². The molecule has 1 aromatic rings. The van der Waals surface area contributed by atoms with E-state index in [2.05, 4.69) is 26.7 Å². The third-order valence-corrected chi connectivity index (χ3v) is 4.02. The highest BCUT2D eigenvalue weighted by atomic mass is 16.4. The predicted octanol–water partition coefficient (Wildman–Crippen LogP) is 0.415. The maximum Gasteiger partial charge on any atom is 0.208 e. The molecule has 0 aliphatic carbocycles. The Morgan fingerprint density at radius 1 is 1.28 bits per heavy atom. The van der Waals surface area contributed by atoms with E-state index in [-0.39, 0.29) is 0 Å². The molecule has 0 bridgehead atoms. The Morgan fingerprint density at radius 2 is 2.00 bits per heavy atom. The number of likely N-dealkylation sites (N-methyl/N-ethyl adjacent to an activating group) is 1. The molecule has 2 fully saturated rings. The molecule has 0 unspecified atom stereocenters. The van der Waals surface area contributed by atoms with Gasteiger partial charge in [-0.15, -0.1) is 0 Å². The first-order valence-corrected chi connectivity index (χ1v) is 6.77. The van der Waals surface area contributed by atoms with Crippen molar-refractivity contribution < 1.29 is 4.42 Å². The fraction of sp³-hybridized carbons (Fsp3) is 0.769. The molecule has 2 aliphatic rings. The maximum absolute atomic E-state index is 5.51. The van der Waals surface area contributed by atoms with Crippen molar-refractivity contribution in [1.29, 1.82) is 0 Å². The lowest BCUT2D eigenvalue weighted by Crippen LogP contribution is -2.62. The molecule has 18 heavy (non-hydrogen) atoms. The second kappa shape index (κ2) is 4.99. The average molecular weight is 250 g/mol. The van der Waals surface area contributed by atoms with Crippen molar-refractivity contribution >= 4 is 0 Å². The van der Waals surface area contributed by atoms with Crippen LogP contribution in [0.2, 0.25) is 0 Å². The molecule has 0 radical (unpaired) electrons. The van der Waals surface area contributed by atoms with E-state index in [4.69, 9.17) is 4.42 Å². The summed E-state index contributed by atoms with van der Waals surface area (Å²) in [4.78, 5) is 11.7. The van der Waals surface area contributed by atoms with Crippen molar-refractivity contribution in [1.82, 2.24) is 19.7 Å². The van der Waals surface area contributed by atoms with Crippen LogP contribution in [-0.4, -0.2) is 72.0 Å². The summed E-state index contributed by atoms with van der Waals surface area (Å²) in [6, 6.07) is 0.745. The van der Waals surface area contributed by atoms with Gasteiger partial charge in [0.15, 0.2) is 0 Å². The molecule has 0 spiro atoms. The average Bonchev–Trinajstić information content (AvgIpc) is 2.71. The van der Waals surface area contributed by atoms with Crippen molar-refractivity contribution in [3.63, 3.8) is 0 Å². The van der Waals surface area contributed by atoms with Crippen LogP contribution < -0.4 is 0 Å². The fourth-order valence-corrected chi connectivity index (χ4v) is 2.76. The molecule has 2 saturated heterocycles. The summed E-state index contributed by atoms with van der Waals surface area (Å²) in [5.41, 5.74) is 0. The van der Waals surface area contributed by atoms with Crippen LogP contribution in [-0.2, 0) is 6.54 Å². The van der Waals surface area contributed by atoms with Crippen LogP contribution in [0.15, 0.2) is 10.6 Å². The lowest BCUT2D eigenvalue weighted by atomic mass is 10.1. The van der Waals surface area contributed by atoms with Gasteiger partial charge in [-0.05, 0) is 14.0 Å². The molecule has 3 heterocycles. The quantitative estimate of drug-likeness (QED) is 0.777. The van der Waals surface area contributed by atoms with Gasteiger partial charge in [0.05, 0.1) is 12.7 Å². The third-order valence-electron chi connectivity index (χ3n) is 4.02. The Morgan fingerprint density at radius 3 is 2.61 bits per heavy atom. The van der Waals surface area contributed by atoms with E-state index in [0.29, 0.717) is 0 Å². The van der Waals surface area contributed by atoms with Crippen LogP contribution >= 0.6 is 0 Å². The van der Waals surface area contributed by atoms with E-state index in [0.717, 1.165) is 37.3 Å². The summed E-state index contributed by atoms with van der Waals surface area (Å²) < 4.78 is 5.51. The molecule has 5 nitrogen and oxygen atoms in total. The zero-order valence-electron chi connectivity index (χ0n) is 11.3. The summed E-state index contributed by atoms with van der Waals surface area (Å²) in [6.45, 7) is 9.96. The third kappa shape index (κ3) is 2.58. The molecular weight excluding hydrogens is 228 g/mol. The SMILES string of the molecule is Cc1cnc(CN2CC(N3CCN(C)CC3)C2)o1. The Kier molecular flexibility index (Phi) is 3.37. The summed E-state index contributed by atoms with van der Waals surface area (Å²) in [5.74, 6) is 1.76. The van der Waals surface area contributed by atoms with Gasteiger partial charge in [0, 0.05) is 45.3 Å². The van der Waals surface area contributed by atoms with Crippen molar-refractivity contribution in [2.45, 2.75) is 19.5 Å². The first kappa shape index (κ1) is 12.1. The molecule has 0 atom stereocenters. The molecule has 0 saturated carbocycles. The van der Waals surface area contributed by atoms with Crippen LogP contribution in [0, 0.1) is 6.92 Å². The molecule has 100 valence electrons. The first-order valence-electron chi connectivity index (χ1n) is 6.77. The molecular formula is C13H22N4O. The second-order valence-corrected chi connectivity index (χ2v) is 5.55. The van der Waals surface area contributed by atoms with Gasteiger partial charge in [0.1, 0.15) is 5.76 Å². The molecule has 5 heteroatoms. The van der Waals surface area contributed by atoms with Crippen LogP contribution in [0.25, 0.3) is 0 Å². The Balaban J connectivity index is 1.43. The van der Waals surface area contributed by atoms with Crippen molar-refractivity contribution in [3.8, 4) is 0 Å². The molecule has 0 N–H and O–H groups in total. The van der Waals surface area contributed by atoms with Crippen molar-refractivity contribution in [2.75, 3.05) is 46.3 Å². The van der Waals surface area contributed by atoms with Crippen molar-refractivity contribution in [2.24, 2.45) is 0 Å². The topological polar surface area (TPSA) is 35.8 Å². The van der Waals surface area contributed by atoms with Crippen molar-refractivity contribution in [3.05, 3.63) is 17.8 Å². The number of likely N-dealkylation sites (tertiary alicyclic amines) is 1. The number of nitrogens with zero attached hydrogens (tertiary/aromatic N) is 4. The number of oxazole rings is 1. The van der Waals surface area contributed by atoms with Crippen LogP contribution in [0.3, 0.4) is 0 Å². The van der Waals surface area contributed by atoms with E-state index < -0.39 is 0 Å². The Hall–Kier alpha value is -0.910. The Labute approximate surface area is 108 Å². The van der Waals surface area contributed by atoms with E-state index in [9.17, 15) is 0 Å². The monoisotopic (exact) mass is 250 g/mol. The van der Waals surface area contributed by atoms with Crippen LogP contribution in [0.4, 0.5) is 0 Å². The summed E-state index contributed by atoms with van der Waals surface area (Å²) in [6.07, 6.45) is 1.80. The lowest BCUT2D eigenvalue weighted by Gasteiger charge is -2.47. The van der Waals surface area contributed by atoms with Gasteiger partial charge >= 0.3 is 0 Å². The standard InChI is InChI=1S/C13H22N4O/c1-11-7-14-13(18-11)10-16-8-12(9-16)17-5-3-15(2)4-6-17/h7,12H,3-6,8-10H2,1-2H3. The minimum absolute atomic E-state index is 0.745. The molecule has 0 amide bonds. The highest BCUT2D eigenvalue weighted by molar-refractivity contribution is 4.95. The largest absolute Gasteiger partial charge is 0.445 e. The van der Waals surface area contributed by atoms with Gasteiger partial charge in [-0.3, -0.25) is 9.80 Å². The van der Waals surface area contributed by atoms with Crippen LogP contribution in [0.5, 0.6) is 0 Å². The minimum atomic E-state index is 0.745. The van der Waals surface area contributed by atoms with Gasteiger partial charge in [-0.2, -0.15) is 0 Å². The fourth-order valence-electron chi connectivity index (χ4n) is 2.76. The van der Waals surface area contributed by atoms with Crippen LogP contribution in [0.1, 0.15) is 11.7 Å². The normalized spacial score (nSPS) is 24.3. The molecule has 3 rings (SSSR count). The van der Waals surface area contributed by atoms with Gasteiger partial charge < -0.3 is 9.32 Å². The second-order valence-electron chi connectivity index (χ2n) is 5.55. The minimum Gasteiger partial charge on any atom is -0.445 e. The van der Waals surface area contributed by atoms with Gasteiger partial charge in [-0.25, -0.2) is 4.98 Å². The predicted molar refractivity (Wildman–Crippen MR) is 69.4 cm³/mol. The van der Waals surface area contributed by atoms with E-state index in [1.54, 1.807) is 6.20 Å². The number of hydrogen-bond acceptors (Lipinski definition) is 5. The van der Waals surface area contributed by atoms with Gasteiger partial charge in [-0.1, -0.05) is 0 Å².